The van der Waals surface area contributed by atoms with E-state index in [-0.39, 0.29) is 0 Å². The van der Waals surface area contributed by atoms with Crippen LogP contribution in [0.2, 0.25) is 0 Å². The second kappa shape index (κ2) is 6.29. The molecule has 0 bridgehead atoms. The molecule has 0 unspecified atom stereocenters. The molecule has 2 aromatic rings. The molecule has 0 aliphatic rings. The largest absolute Gasteiger partial charge is 0.351 e. The van der Waals surface area contributed by atoms with Gasteiger partial charge in [0.25, 0.3) is 0 Å². The summed E-state index contributed by atoms with van der Waals surface area (Å²) in [5, 5.41) is 0. The first kappa shape index (κ1) is 13.5. The van der Waals surface area contributed by atoms with Gasteiger partial charge in [-0.3, -0.25) is 4.98 Å². The third-order valence-electron chi connectivity index (χ3n) is 3.08. The lowest BCUT2D eigenvalue weighted by atomic mass is 10.2. The van der Waals surface area contributed by atoms with Gasteiger partial charge in [-0.05, 0) is 32.0 Å². The Morgan fingerprint density at radius 2 is 2.05 bits per heavy atom. The van der Waals surface area contributed by atoms with Crippen LogP contribution >= 0.6 is 0 Å². The molecule has 0 saturated carbocycles. The monoisotopic (exact) mass is 256 g/mol. The standard InChI is InChI=1S/C15H20N4/c1-3-19(11-14-6-4-5-9-17-14)15-13(10-16)8-7-12(2)18-15/h4-9H,3,10-11,16H2,1-2H3. The molecule has 2 heterocycles. The van der Waals surface area contributed by atoms with Gasteiger partial charge in [-0.1, -0.05) is 12.1 Å². The third kappa shape index (κ3) is 3.29. The summed E-state index contributed by atoms with van der Waals surface area (Å²) < 4.78 is 0. The lowest BCUT2D eigenvalue weighted by Crippen LogP contribution is -2.25. The summed E-state index contributed by atoms with van der Waals surface area (Å²) in [6.45, 7) is 6.24. The van der Waals surface area contributed by atoms with Gasteiger partial charge in [-0.2, -0.15) is 0 Å². The van der Waals surface area contributed by atoms with Crippen molar-refractivity contribution in [2.75, 3.05) is 11.4 Å². The van der Waals surface area contributed by atoms with Gasteiger partial charge in [0.1, 0.15) is 5.82 Å². The van der Waals surface area contributed by atoms with Crippen molar-refractivity contribution in [1.82, 2.24) is 9.97 Å². The molecule has 0 spiro atoms. The van der Waals surface area contributed by atoms with Gasteiger partial charge in [-0.15, -0.1) is 0 Å². The Hall–Kier alpha value is -1.94. The fraction of sp³-hybridized carbons (Fsp3) is 0.333. The van der Waals surface area contributed by atoms with Gasteiger partial charge in [0.05, 0.1) is 12.2 Å². The van der Waals surface area contributed by atoms with E-state index in [2.05, 4.69) is 27.9 Å². The van der Waals surface area contributed by atoms with Crippen LogP contribution in [0.25, 0.3) is 0 Å². The molecular weight excluding hydrogens is 236 g/mol. The summed E-state index contributed by atoms with van der Waals surface area (Å²) in [5.41, 5.74) is 8.92. The Kier molecular flexibility index (Phi) is 4.47. The highest BCUT2D eigenvalue weighted by atomic mass is 15.2. The molecule has 0 aliphatic heterocycles. The SMILES string of the molecule is CCN(Cc1ccccn1)c1nc(C)ccc1CN. The number of hydrogen-bond acceptors (Lipinski definition) is 4. The zero-order valence-electron chi connectivity index (χ0n) is 11.5. The average Bonchev–Trinajstić information content (AvgIpc) is 2.46. The molecule has 100 valence electrons. The van der Waals surface area contributed by atoms with Crippen LogP contribution in [0.1, 0.15) is 23.9 Å². The van der Waals surface area contributed by atoms with Gasteiger partial charge >= 0.3 is 0 Å². The molecule has 4 nitrogen and oxygen atoms in total. The third-order valence-corrected chi connectivity index (χ3v) is 3.08. The van der Waals surface area contributed by atoms with Gasteiger partial charge in [-0.25, -0.2) is 4.98 Å². The summed E-state index contributed by atoms with van der Waals surface area (Å²) in [7, 11) is 0. The van der Waals surface area contributed by atoms with E-state index in [9.17, 15) is 0 Å². The second-order valence-corrected chi connectivity index (χ2v) is 4.47. The van der Waals surface area contributed by atoms with Gasteiger partial charge < -0.3 is 10.6 Å². The van der Waals surface area contributed by atoms with Crippen molar-refractivity contribution in [2.24, 2.45) is 5.73 Å². The topological polar surface area (TPSA) is 55.0 Å². The van der Waals surface area contributed by atoms with E-state index >= 15 is 0 Å². The fourth-order valence-electron chi connectivity index (χ4n) is 2.03. The molecule has 0 radical (unpaired) electrons. The summed E-state index contributed by atoms with van der Waals surface area (Å²) >= 11 is 0. The van der Waals surface area contributed by atoms with E-state index in [0.717, 1.165) is 35.9 Å². The van der Waals surface area contributed by atoms with Crippen LogP contribution in [0.5, 0.6) is 0 Å². The highest BCUT2D eigenvalue weighted by Crippen LogP contribution is 2.19. The Balaban J connectivity index is 2.29. The maximum Gasteiger partial charge on any atom is 0.133 e. The van der Waals surface area contributed by atoms with Crippen LogP contribution < -0.4 is 10.6 Å². The van der Waals surface area contributed by atoms with E-state index in [1.807, 2.05) is 37.4 Å². The molecule has 2 rings (SSSR count). The zero-order valence-corrected chi connectivity index (χ0v) is 11.5. The molecule has 0 aromatic carbocycles. The van der Waals surface area contributed by atoms with E-state index in [1.54, 1.807) is 0 Å². The Morgan fingerprint density at radius 1 is 1.21 bits per heavy atom. The Labute approximate surface area is 114 Å². The molecule has 0 saturated heterocycles. The molecule has 19 heavy (non-hydrogen) atoms. The molecule has 2 N–H and O–H groups in total. The van der Waals surface area contributed by atoms with E-state index in [4.69, 9.17) is 5.73 Å². The van der Waals surface area contributed by atoms with E-state index in [0.29, 0.717) is 6.54 Å². The van der Waals surface area contributed by atoms with Gasteiger partial charge in [0, 0.05) is 30.5 Å². The van der Waals surface area contributed by atoms with Crippen LogP contribution in [0.3, 0.4) is 0 Å². The van der Waals surface area contributed by atoms with Crippen molar-refractivity contribution in [3.05, 3.63) is 53.5 Å². The van der Waals surface area contributed by atoms with Crippen molar-refractivity contribution in [2.45, 2.75) is 26.9 Å². The number of nitrogens with zero attached hydrogens (tertiary/aromatic N) is 3. The number of pyridine rings is 2. The zero-order chi connectivity index (χ0) is 13.7. The number of anilines is 1. The molecule has 0 amide bonds. The summed E-state index contributed by atoms with van der Waals surface area (Å²) in [6.07, 6.45) is 1.82. The number of aromatic nitrogens is 2. The highest BCUT2D eigenvalue weighted by Gasteiger charge is 2.12. The van der Waals surface area contributed by atoms with Crippen molar-refractivity contribution in [3.8, 4) is 0 Å². The number of hydrogen-bond donors (Lipinski definition) is 1. The molecule has 2 aromatic heterocycles. The quantitative estimate of drug-likeness (QED) is 0.891. The number of nitrogens with two attached hydrogens (primary N) is 1. The lowest BCUT2D eigenvalue weighted by Gasteiger charge is -2.24. The lowest BCUT2D eigenvalue weighted by molar-refractivity contribution is 0.781. The first-order chi connectivity index (χ1) is 9.24. The number of aryl methyl sites for hydroxylation is 1. The Bertz CT molecular complexity index is 525. The normalized spacial score (nSPS) is 10.5. The first-order valence-electron chi connectivity index (χ1n) is 6.56. The van der Waals surface area contributed by atoms with Crippen LogP contribution in [-0.2, 0) is 13.1 Å². The van der Waals surface area contributed by atoms with Gasteiger partial charge in [0.2, 0.25) is 0 Å². The van der Waals surface area contributed by atoms with E-state index in [1.165, 1.54) is 0 Å². The molecular formula is C15H20N4. The highest BCUT2D eigenvalue weighted by molar-refractivity contribution is 5.48. The maximum atomic E-state index is 5.80. The minimum absolute atomic E-state index is 0.501. The minimum atomic E-state index is 0.501. The fourth-order valence-corrected chi connectivity index (χ4v) is 2.03. The first-order valence-corrected chi connectivity index (χ1v) is 6.56. The van der Waals surface area contributed by atoms with Crippen molar-refractivity contribution >= 4 is 5.82 Å². The average molecular weight is 256 g/mol. The molecule has 4 heteroatoms. The summed E-state index contributed by atoms with van der Waals surface area (Å²) in [6, 6.07) is 10.0. The smallest absolute Gasteiger partial charge is 0.133 e. The molecule has 0 atom stereocenters. The molecule has 0 aliphatic carbocycles. The van der Waals surface area contributed by atoms with Crippen molar-refractivity contribution < 1.29 is 0 Å². The number of rotatable bonds is 5. The van der Waals surface area contributed by atoms with Crippen LogP contribution in [0.15, 0.2) is 36.5 Å². The summed E-state index contributed by atoms with van der Waals surface area (Å²) in [4.78, 5) is 11.2. The van der Waals surface area contributed by atoms with Gasteiger partial charge in [0.15, 0.2) is 0 Å². The predicted molar refractivity (Wildman–Crippen MR) is 77.8 cm³/mol. The van der Waals surface area contributed by atoms with Crippen LogP contribution in [0.4, 0.5) is 5.82 Å². The van der Waals surface area contributed by atoms with Crippen molar-refractivity contribution in [1.29, 1.82) is 0 Å². The predicted octanol–water partition coefficient (Wildman–Crippen LogP) is 2.27. The second-order valence-electron chi connectivity index (χ2n) is 4.47. The van der Waals surface area contributed by atoms with Crippen molar-refractivity contribution in [3.63, 3.8) is 0 Å². The van der Waals surface area contributed by atoms with Crippen LogP contribution in [0, 0.1) is 6.92 Å². The maximum absolute atomic E-state index is 5.80. The summed E-state index contributed by atoms with van der Waals surface area (Å²) in [5.74, 6) is 0.968. The van der Waals surface area contributed by atoms with Crippen LogP contribution in [-0.4, -0.2) is 16.5 Å². The van der Waals surface area contributed by atoms with E-state index < -0.39 is 0 Å². The Morgan fingerprint density at radius 3 is 2.68 bits per heavy atom. The minimum Gasteiger partial charge on any atom is -0.351 e. The molecule has 0 fully saturated rings.